The predicted molar refractivity (Wildman–Crippen MR) is 160 cm³/mol. The largest absolute Gasteiger partial charge is 0.330 e. The molecule has 1 aliphatic heterocycles. The van der Waals surface area contributed by atoms with Crippen molar-refractivity contribution in [1.82, 2.24) is 9.80 Å². The van der Waals surface area contributed by atoms with Gasteiger partial charge in [0.1, 0.15) is 6.54 Å². The molecule has 1 atom stereocenters. The molecule has 40 heavy (non-hydrogen) atoms. The van der Waals surface area contributed by atoms with Crippen LogP contribution in [0.5, 0.6) is 0 Å². The van der Waals surface area contributed by atoms with E-state index >= 15 is 0 Å². The monoisotopic (exact) mass is 559 g/mol. The third kappa shape index (κ3) is 6.86. The van der Waals surface area contributed by atoms with Crippen LogP contribution in [0.25, 0.3) is 6.08 Å². The second kappa shape index (κ2) is 12.6. The van der Waals surface area contributed by atoms with Crippen LogP contribution in [-0.4, -0.2) is 46.2 Å². The van der Waals surface area contributed by atoms with E-state index in [-0.39, 0.29) is 35.5 Å². The smallest absolute Gasteiger partial charge is 0.269 e. The average molecular weight is 560 g/mol. The Morgan fingerprint density at radius 1 is 1.10 bits per heavy atom. The highest BCUT2D eigenvalue weighted by Gasteiger charge is 2.34. The number of non-ortho nitro benzene ring substituents is 1. The first-order chi connectivity index (χ1) is 19.1. The molecule has 1 aromatic heterocycles. The van der Waals surface area contributed by atoms with Gasteiger partial charge in [-0.05, 0) is 70.2 Å². The molecule has 0 bridgehead atoms. The van der Waals surface area contributed by atoms with E-state index in [0.717, 1.165) is 30.4 Å². The number of nitro groups is 1. The number of thiophene rings is 1. The molecule has 0 saturated carbocycles. The molecule has 0 spiro atoms. The number of fused-ring (bicyclic) bond motifs is 1. The Morgan fingerprint density at radius 2 is 1.80 bits per heavy atom. The van der Waals surface area contributed by atoms with Crippen molar-refractivity contribution in [1.29, 1.82) is 0 Å². The second-order valence-corrected chi connectivity index (χ2v) is 12.2. The third-order valence-electron chi connectivity index (χ3n) is 7.32. The van der Waals surface area contributed by atoms with E-state index in [9.17, 15) is 19.7 Å². The SMILES string of the molecule is CCCCN(CC(=O)N1CCc2sccc2C1c1ccc(C(C)(C)C)cc1)C(=O)C=Cc1ccc([N+](=O)[O-])cc1. The number of nitro benzene ring substituents is 1. The average Bonchev–Trinajstić information content (AvgIpc) is 3.42. The molecule has 210 valence electrons. The fourth-order valence-electron chi connectivity index (χ4n) is 4.96. The van der Waals surface area contributed by atoms with Crippen LogP contribution < -0.4 is 0 Å². The van der Waals surface area contributed by atoms with Crippen molar-refractivity contribution in [3.8, 4) is 0 Å². The van der Waals surface area contributed by atoms with Gasteiger partial charge in [0.2, 0.25) is 11.8 Å². The highest BCUT2D eigenvalue weighted by Crippen LogP contribution is 2.38. The predicted octanol–water partition coefficient (Wildman–Crippen LogP) is 6.77. The molecule has 7 nitrogen and oxygen atoms in total. The van der Waals surface area contributed by atoms with Gasteiger partial charge in [0.05, 0.1) is 11.0 Å². The van der Waals surface area contributed by atoms with Gasteiger partial charge in [0.15, 0.2) is 0 Å². The van der Waals surface area contributed by atoms with Gasteiger partial charge in [0.25, 0.3) is 5.69 Å². The minimum absolute atomic E-state index is 0.000516. The standard InChI is InChI=1S/C32H37N3O4S/c1-5-6-19-33(29(36)16-9-23-7-14-26(15-8-23)35(38)39)22-30(37)34-20-17-28-27(18-21-40-28)31(34)24-10-12-25(13-11-24)32(2,3)4/h7-16,18,21,31H,5-6,17,19-20,22H2,1-4H3. The minimum atomic E-state index is -0.456. The van der Waals surface area contributed by atoms with Crippen LogP contribution in [-0.2, 0) is 21.4 Å². The fraction of sp³-hybridized carbons (Fsp3) is 0.375. The summed E-state index contributed by atoms with van der Waals surface area (Å²) in [5.41, 5.74) is 4.20. The van der Waals surface area contributed by atoms with Crippen LogP contribution in [0.1, 0.15) is 73.7 Å². The summed E-state index contributed by atoms with van der Waals surface area (Å²) in [5.74, 6) is -0.325. The van der Waals surface area contributed by atoms with Crippen molar-refractivity contribution in [2.75, 3.05) is 19.6 Å². The summed E-state index contributed by atoms with van der Waals surface area (Å²) in [5, 5.41) is 13.0. The van der Waals surface area contributed by atoms with E-state index < -0.39 is 4.92 Å². The molecule has 8 heteroatoms. The van der Waals surface area contributed by atoms with Gasteiger partial charge in [0, 0.05) is 36.2 Å². The van der Waals surface area contributed by atoms with Gasteiger partial charge in [-0.25, -0.2) is 0 Å². The number of rotatable bonds is 9. The quantitative estimate of drug-likeness (QED) is 0.165. The molecule has 0 aliphatic carbocycles. The maximum atomic E-state index is 13.8. The third-order valence-corrected chi connectivity index (χ3v) is 8.32. The summed E-state index contributed by atoms with van der Waals surface area (Å²) in [6.45, 7) is 9.70. The minimum Gasteiger partial charge on any atom is -0.330 e. The van der Waals surface area contributed by atoms with E-state index in [1.807, 2.05) is 4.90 Å². The van der Waals surface area contributed by atoms with Gasteiger partial charge in [-0.15, -0.1) is 11.3 Å². The van der Waals surface area contributed by atoms with Crippen molar-refractivity contribution < 1.29 is 14.5 Å². The lowest BCUT2D eigenvalue weighted by Gasteiger charge is -2.37. The number of carbonyl (C=O) groups excluding carboxylic acids is 2. The summed E-state index contributed by atoms with van der Waals surface area (Å²) in [4.78, 5) is 42.4. The number of hydrogen-bond donors (Lipinski definition) is 0. The molecule has 2 aromatic carbocycles. The number of benzene rings is 2. The van der Waals surface area contributed by atoms with Gasteiger partial charge in [-0.1, -0.05) is 58.4 Å². The highest BCUT2D eigenvalue weighted by atomic mass is 32.1. The Bertz CT molecular complexity index is 1370. The molecule has 0 radical (unpaired) electrons. The van der Waals surface area contributed by atoms with E-state index in [1.165, 1.54) is 28.6 Å². The Labute approximate surface area is 240 Å². The van der Waals surface area contributed by atoms with E-state index in [4.69, 9.17) is 0 Å². The Balaban J connectivity index is 1.55. The number of carbonyl (C=O) groups is 2. The van der Waals surface area contributed by atoms with Crippen LogP contribution in [0.3, 0.4) is 0 Å². The van der Waals surface area contributed by atoms with Crippen LogP contribution in [0.2, 0.25) is 0 Å². The Morgan fingerprint density at radius 3 is 2.42 bits per heavy atom. The van der Waals surface area contributed by atoms with Crippen molar-refractivity contribution >= 4 is 34.9 Å². The van der Waals surface area contributed by atoms with Crippen molar-refractivity contribution in [2.45, 2.75) is 58.4 Å². The first kappa shape index (κ1) is 29.2. The maximum Gasteiger partial charge on any atom is 0.269 e. The molecule has 3 aromatic rings. The highest BCUT2D eigenvalue weighted by molar-refractivity contribution is 7.10. The first-order valence-corrected chi connectivity index (χ1v) is 14.6. The molecule has 1 unspecified atom stereocenters. The molecule has 0 saturated heterocycles. The van der Waals surface area contributed by atoms with Crippen LogP contribution >= 0.6 is 11.3 Å². The summed E-state index contributed by atoms with van der Waals surface area (Å²) < 4.78 is 0. The van der Waals surface area contributed by atoms with Crippen molar-refractivity contribution in [2.24, 2.45) is 0 Å². The lowest BCUT2D eigenvalue weighted by atomic mass is 9.85. The van der Waals surface area contributed by atoms with Gasteiger partial charge in [-0.3, -0.25) is 19.7 Å². The van der Waals surface area contributed by atoms with Crippen LogP contribution in [0.15, 0.2) is 66.1 Å². The van der Waals surface area contributed by atoms with Crippen LogP contribution in [0.4, 0.5) is 5.69 Å². The first-order valence-electron chi connectivity index (χ1n) is 13.8. The van der Waals surface area contributed by atoms with Gasteiger partial charge >= 0.3 is 0 Å². The molecule has 0 fully saturated rings. The Hall–Kier alpha value is -3.78. The summed E-state index contributed by atoms with van der Waals surface area (Å²) >= 11 is 1.73. The lowest BCUT2D eigenvalue weighted by molar-refractivity contribution is -0.384. The number of nitrogens with zero attached hydrogens (tertiary/aromatic N) is 3. The fourth-order valence-corrected chi connectivity index (χ4v) is 5.86. The van der Waals surface area contributed by atoms with Crippen LogP contribution in [0, 0.1) is 10.1 Å². The summed E-state index contributed by atoms with van der Waals surface area (Å²) in [7, 11) is 0. The summed E-state index contributed by atoms with van der Waals surface area (Å²) in [6, 6.07) is 16.5. The zero-order valence-electron chi connectivity index (χ0n) is 23.6. The molecule has 2 heterocycles. The van der Waals surface area contributed by atoms with E-state index in [0.29, 0.717) is 18.7 Å². The second-order valence-electron chi connectivity index (χ2n) is 11.2. The summed E-state index contributed by atoms with van der Waals surface area (Å²) in [6.07, 6.45) is 5.57. The number of amides is 2. The van der Waals surface area contributed by atoms with Gasteiger partial charge < -0.3 is 9.80 Å². The van der Waals surface area contributed by atoms with E-state index in [1.54, 1.807) is 34.4 Å². The number of hydrogen-bond acceptors (Lipinski definition) is 5. The topological polar surface area (TPSA) is 83.8 Å². The molecule has 1 aliphatic rings. The number of unbranched alkanes of at least 4 members (excludes halogenated alkanes) is 1. The molecule has 0 N–H and O–H groups in total. The van der Waals surface area contributed by atoms with Crippen molar-refractivity contribution in [3.63, 3.8) is 0 Å². The molecule has 4 rings (SSSR count). The maximum absolute atomic E-state index is 13.8. The van der Waals surface area contributed by atoms with Gasteiger partial charge in [-0.2, -0.15) is 0 Å². The lowest BCUT2D eigenvalue weighted by Crippen LogP contribution is -2.46. The van der Waals surface area contributed by atoms with Crippen molar-refractivity contribution in [3.05, 3.63) is 103 Å². The molecular weight excluding hydrogens is 522 g/mol. The Kier molecular flexibility index (Phi) is 9.20. The molecule has 2 amide bonds. The normalized spacial score (nSPS) is 15.2. The molecular formula is C32H37N3O4S. The zero-order chi connectivity index (χ0) is 28.9. The zero-order valence-corrected chi connectivity index (χ0v) is 24.4. The van der Waals surface area contributed by atoms with E-state index in [2.05, 4.69) is 63.4 Å².